The van der Waals surface area contributed by atoms with Crippen molar-refractivity contribution in [3.63, 3.8) is 0 Å². The highest BCUT2D eigenvalue weighted by Gasteiger charge is 2.40. The molecule has 0 bridgehead atoms. The fourth-order valence-corrected chi connectivity index (χ4v) is 3.36. The number of hydrogen-bond acceptors (Lipinski definition) is 4. The van der Waals surface area contributed by atoms with Gasteiger partial charge in [0.1, 0.15) is 0 Å². The highest BCUT2D eigenvalue weighted by Crippen LogP contribution is 2.33. The summed E-state index contributed by atoms with van der Waals surface area (Å²) in [6, 6.07) is 14.8. The Bertz CT molecular complexity index is 733. The number of rotatable bonds is 3. The third kappa shape index (κ3) is 2.89. The van der Waals surface area contributed by atoms with Gasteiger partial charge in [-0.15, -0.1) is 0 Å². The third-order valence-corrected chi connectivity index (χ3v) is 4.83. The molecule has 4 nitrogen and oxygen atoms in total. The van der Waals surface area contributed by atoms with Crippen molar-refractivity contribution in [1.82, 2.24) is 0 Å². The quantitative estimate of drug-likeness (QED) is 0.862. The van der Waals surface area contributed by atoms with Crippen LogP contribution >= 0.6 is 27.7 Å². The minimum Gasteiger partial charge on any atom is -0.365 e. The molecular formula is C16H13BrN2O2S. The zero-order valence-electron chi connectivity index (χ0n) is 11.7. The average molecular weight is 377 g/mol. The minimum atomic E-state index is -0.600. The molecule has 2 amide bonds. The Labute approximate surface area is 141 Å². The first kappa shape index (κ1) is 15.1. The molecule has 0 radical (unpaired) electrons. The van der Waals surface area contributed by atoms with Crippen molar-refractivity contribution in [1.29, 1.82) is 0 Å². The Balaban J connectivity index is 1.82. The molecule has 2 aromatic carbocycles. The van der Waals surface area contributed by atoms with Crippen LogP contribution in [0.4, 0.5) is 16.2 Å². The Kier molecular flexibility index (Phi) is 4.22. The van der Waals surface area contributed by atoms with Crippen LogP contribution in [0.2, 0.25) is 0 Å². The van der Waals surface area contributed by atoms with E-state index in [-0.39, 0.29) is 11.1 Å². The molecule has 1 aliphatic heterocycles. The van der Waals surface area contributed by atoms with Crippen LogP contribution in [0.15, 0.2) is 53.0 Å². The van der Waals surface area contributed by atoms with Crippen molar-refractivity contribution in [3.05, 3.63) is 58.6 Å². The predicted octanol–water partition coefficient (Wildman–Crippen LogP) is 4.40. The number of para-hydroxylation sites is 1. The van der Waals surface area contributed by atoms with Crippen molar-refractivity contribution in [2.45, 2.75) is 12.3 Å². The normalized spacial score (nSPS) is 17.9. The van der Waals surface area contributed by atoms with Gasteiger partial charge in [-0.25, -0.2) is 4.90 Å². The molecule has 3 rings (SSSR count). The third-order valence-electron chi connectivity index (χ3n) is 3.36. The second kappa shape index (κ2) is 6.14. The van der Waals surface area contributed by atoms with Gasteiger partial charge < -0.3 is 5.32 Å². The number of nitrogens with zero attached hydrogens (tertiary/aromatic N) is 1. The number of carbonyl (C=O) groups excluding carboxylic acids is 2. The SMILES string of the molecule is Cc1ccccc1N[C@@H]1SC(=O)N(c2ccc(Br)cc2)C1=O. The molecule has 1 aliphatic rings. The summed E-state index contributed by atoms with van der Waals surface area (Å²) in [7, 11) is 0. The maximum absolute atomic E-state index is 12.5. The lowest BCUT2D eigenvalue weighted by Crippen LogP contribution is -2.34. The topological polar surface area (TPSA) is 49.4 Å². The van der Waals surface area contributed by atoms with Gasteiger partial charge in [-0.3, -0.25) is 9.59 Å². The Morgan fingerprint density at radius 2 is 1.77 bits per heavy atom. The lowest BCUT2D eigenvalue weighted by molar-refractivity contribution is -0.116. The van der Waals surface area contributed by atoms with E-state index >= 15 is 0 Å². The molecule has 1 N–H and O–H groups in total. The Morgan fingerprint density at radius 3 is 2.45 bits per heavy atom. The fourth-order valence-electron chi connectivity index (χ4n) is 2.20. The van der Waals surface area contributed by atoms with E-state index in [9.17, 15) is 9.59 Å². The van der Waals surface area contributed by atoms with Crippen LogP contribution in [0.5, 0.6) is 0 Å². The number of aryl methyl sites for hydroxylation is 1. The van der Waals surface area contributed by atoms with E-state index in [0.29, 0.717) is 5.69 Å². The van der Waals surface area contributed by atoms with Crippen molar-refractivity contribution in [3.8, 4) is 0 Å². The summed E-state index contributed by atoms with van der Waals surface area (Å²) >= 11 is 4.34. The number of halogens is 1. The van der Waals surface area contributed by atoms with Crippen molar-refractivity contribution in [2.24, 2.45) is 0 Å². The summed E-state index contributed by atoms with van der Waals surface area (Å²) in [6.07, 6.45) is 0. The van der Waals surface area contributed by atoms with Crippen LogP contribution in [0.25, 0.3) is 0 Å². The van der Waals surface area contributed by atoms with E-state index in [1.165, 1.54) is 4.90 Å². The highest BCUT2D eigenvalue weighted by atomic mass is 79.9. The van der Waals surface area contributed by atoms with Gasteiger partial charge in [-0.1, -0.05) is 34.1 Å². The number of thioether (sulfide) groups is 1. The van der Waals surface area contributed by atoms with Gasteiger partial charge in [0, 0.05) is 10.2 Å². The maximum atomic E-state index is 12.5. The predicted molar refractivity (Wildman–Crippen MR) is 93.2 cm³/mol. The summed E-state index contributed by atoms with van der Waals surface area (Å²) in [5.41, 5.74) is 2.48. The molecule has 0 saturated carbocycles. The van der Waals surface area contributed by atoms with Gasteiger partial charge in [0.15, 0.2) is 5.37 Å². The second-order valence-corrected chi connectivity index (χ2v) is 6.85. The van der Waals surface area contributed by atoms with Crippen LogP contribution in [0.3, 0.4) is 0 Å². The average Bonchev–Trinajstić information content (AvgIpc) is 2.77. The number of anilines is 2. The monoisotopic (exact) mass is 376 g/mol. The number of imide groups is 1. The van der Waals surface area contributed by atoms with Gasteiger partial charge in [0.25, 0.3) is 11.1 Å². The smallest absolute Gasteiger partial charge is 0.295 e. The van der Waals surface area contributed by atoms with Gasteiger partial charge in [0.2, 0.25) is 0 Å². The number of amides is 2. The van der Waals surface area contributed by atoms with Crippen LogP contribution in [0.1, 0.15) is 5.56 Å². The summed E-state index contributed by atoms with van der Waals surface area (Å²) in [5, 5.41) is 2.28. The minimum absolute atomic E-state index is 0.249. The first-order chi connectivity index (χ1) is 10.6. The van der Waals surface area contributed by atoms with E-state index in [4.69, 9.17) is 0 Å². The number of benzene rings is 2. The molecule has 0 aliphatic carbocycles. The molecule has 0 spiro atoms. The first-order valence-electron chi connectivity index (χ1n) is 6.68. The maximum Gasteiger partial charge on any atom is 0.295 e. The molecule has 1 heterocycles. The lowest BCUT2D eigenvalue weighted by Gasteiger charge is -2.15. The van der Waals surface area contributed by atoms with Crippen LogP contribution in [0, 0.1) is 6.92 Å². The molecule has 0 unspecified atom stereocenters. The van der Waals surface area contributed by atoms with Gasteiger partial charge in [-0.2, -0.15) is 0 Å². The standard InChI is InChI=1S/C16H13BrN2O2S/c1-10-4-2-3-5-13(10)18-14-15(20)19(16(21)22-14)12-8-6-11(17)7-9-12/h2-9,14,18H,1H3/t14-/m1/s1. The zero-order valence-corrected chi connectivity index (χ0v) is 14.1. The van der Waals surface area contributed by atoms with Crippen LogP contribution in [-0.2, 0) is 4.79 Å². The molecule has 1 saturated heterocycles. The molecule has 1 atom stereocenters. The molecule has 6 heteroatoms. The summed E-state index contributed by atoms with van der Waals surface area (Å²) in [5.74, 6) is -0.249. The van der Waals surface area contributed by atoms with E-state index in [0.717, 1.165) is 27.5 Å². The van der Waals surface area contributed by atoms with Crippen LogP contribution in [-0.4, -0.2) is 16.5 Å². The zero-order chi connectivity index (χ0) is 15.7. The largest absolute Gasteiger partial charge is 0.365 e. The molecule has 0 aromatic heterocycles. The summed E-state index contributed by atoms with van der Waals surface area (Å²) in [4.78, 5) is 25.9. The summed E-state index contributed by atoms with van der Waals surface area (Å²) < 4.78 is 0.901. The van der Waals surface area contributed by atoms with Crippen molar-refractivity contribution >= 4 is 50.2 Å². The first-order valence-corrected chi connectivity index (χ1v) is 8.36. The van der Waals surface area contributed by atoms with E-state index in [1.807, 2.05) is 43.3 Å². The molecule has 112 valence electrons. The number of nitrogens with one attached hydrogen (secondary N) is 1. The fraction of sp³-hybridized carbons (Fsp3) is 0.125. The van der Waals surface area contributed by atoms with E-state index in [2.05, 4.69) is 21.2 Å². The molecule has 22 heavy (non-hydrogen) atoms. The molecule has 1 fully saturated rings. The Hall–Kier alpha value is -1.79. The molecule has 2 aromatic rings. The van der Waals surface area contributed by atoms with Gasteiger partial charge >= 0.3 is 0 Å². The van der Waals surface area contributed by atoms with Gasteiger partial charge in [0.05, 0.1) is 5.69 Å². The summed E-state index contributed by atoms with van der Waals surface area (Å²) in [6.45, 7) is 1.96. The van der Waals surface area contributed by atoms with E-state index in [1.54, 1.807) is 12.1 Å². The Morgan fingerprint density at radius 1 is 1.09 bits per heavy atom. The van der Waals surface area contributed by atoms with Crippen molar-refractivity contribution in [2.75, 3.05) is 10.2 Å². The molecular weight excluding hydrogens is 364 g/mol. The van der Waals surface area contributed by atoms with Gasteiger partial charge in [-0.05, 0) is 54.6 Å². The number of carbonyl (C=O) groups is 2. The number of hydrogen-bond donors (Lipinski definition) is 1. The van der Waals surface area contributed by atoms with E-state index < -0.39 is 5.37 Å². The van der Waals surface area contributed by atoms with Crippen molar-refractivity contribution < 1.29 is 9.59 Å². The lowest BCUT2D eigenvalue weighted by atomic mass is 10.2. The highest BCUT2D eigenvalue weighted by molar-refractivity contribution is 9.10. The van der Waals surface area contributed by atoms with Crippen LogP contribution < -0.4 is 10.2 Å². The second-order valence-electron chi connectivity index (χ2n) is 4.87.